The van der Waals surface area contributed by atoms with Gasteiger partial charge in [0.2, 0.25) is 0 Å². The number of carbonyl (C=O) groups is 1. The van der Waals surface area contributed by atoms with Gasteiger partial charge in [-0.05, 0) is 26.0 Å². The normalized spacial score (nSPS) is 11.1. The van der Waals surface area contributed by atoms with Gasteiger partial charge in [0.15, 0.2) is 0 Å². The number of rotatable bonds is 8. The van der Waals surface area contributed by atoms with E-state index in [4.69, 9.17) is 9.47 Å². The minimum atomic E-state index is 0.114. The molecule has 0 radical (unpaired) electrons. The molecule has 0 saturated carbocycles. The Morgan fingerprint density at radius 1 is 0.792 bits per heavy atom. The fraction of sp³-hybridized carbons (Fsp3) is 0.190. The average molecular weight is 322 g/mol. The highest BCUT2D eigenvalue weighted by atomic mass is 16.5. The summed E-state index contributed by atoms with van der Waals surface area (Å²) >= 11 is 0. The van der Waals surface area contributed by atoms with E-state index in [0.29, 0.717) is 24.3 Å². The maximum Gasteiger partial charge on any atom is 0.141 e. The third-order valence-electron chi connectivity index (χ3n) is 3.38. The summed E-state index contributed by atoms with van der Waals surface area (Å²) in [4.78, 5) is 12.5. The van der Waals surface area contributed by atoms with Crippen LogP contribution in [0.5, 0.6) is 11.5 Å². The summed E-state index contributed by atoms with van der Waals surface area (Å²) in [5.74, 6) is 1.54. The van der Waals surface area contributed by atoms with E-state index in [1.165, 1.54) is 0 Å². The topological polar surface area (TPSA) is 35.5 Å². The van der Waals surface area contributed by atoms with Gasteiger partial charge >= 0.3 is 0 Å². The van der Waals surface area contributed by atoms with E-state index >= 15 is 0 Å². The first kappa shape index (κ1) is 17.5. The Bertz CT molecular complexity index is 668. The van der Waals surface area contributed by atoms with Gasteiger partial charge in [0.1, 0.15) is 17.3 Å². The summed E-state index contributed by atoms with van der Waals surface area (Å²) < 4.78 is 11.1. The highest BCUT2D eigenvalue weighted by molar-refractivity contribution is 5.84. The molecule has 2 aromatic rings. The van der Waals surface area contributed by atoms with Crippen LogP contribution >= 0.6 is 0 Å². The van der Waals surface area contributed by atoms with Crippen molar-refractivity contribution in [2.24, 2.45) is 0 Å². The molecule has 3 nitrogen and oxygen atoms in total. The Hall–Kier alpha value is -2.81. The van der Waals surface area contributed by atoms with Crippen LogP contribution in [-0.2, 0) is 17.6 Å². The van der Waals surface area contributed by atoms with Crippen LogP contribution in [0.15, 0.2) is 73.2 Å². The lowest BCUT2D eigenvalue weighted by Gasteiger charge is -2.10. The second-order valence-electron chi connectivity index (χ2n) is 5.28. The molecule has 0 aliphatic rings. The largest absolute Gasteiger partial charge is 0.465 e. The Kier molecular flexibility index (Phi) is 6.84. The van der Waals surface area contributed by atoms with Crippen LogP contribution in [0.2, 0.25) is 0 Å². The first-order valence-corrected chi connectivity index (χ1v) is 7.97. The molecule has 0 N–H and O–H groups in total. The Morgan fingerprint density at radius 2 is 1.21 bits per heavy atom. The summed E-state index contributed by atoms with van der Waals surface area (Å²) in [6.45, 7) is 3.77. The van der Waals surface area contributed by atoms with Gasteiger partial charge in [-0.25, -0.2) is 0 Å². The number of ketones is 1. The lowest BCUT2D eigenvalue weighted by Crippen LogP contribution is -2.08. The molecular weight excluding hydrogens is 300 g/mol. The number of Topliss-reactive ketones (excluding diaryl/α,β-unsaturated/α-hetero) is 1. The molecule has 0 spiro atoms. The Morgan fingerprint density at radius 3 is 1.62 bits per heavy atom. The predicted molar refractivity (Wildman–Crippen MR) is 96.2 cm³/mol. The molecule has 0 fully saturated rings. The van der Waals surface area contributed by atoms with Crippen LogP contribution in [0, 0.1) is 0 Å². The number of benzene rings is 2. The SMILES string of the molecule is CC=COc1ccccc1CC(=O)Cc1ccccc1OC=CC. The van der Waals surface area contributed by atoms with Gasteiger partial charge in [-0.1, -0.05) is 48.6 Å². The van der Waals surface area contributed by atoms with Crippen LogP contribution in [0.25, 0.3) is 0 Å². The molecule has 0 aliphatic heterocycles. The van der Waals surface area contributed by atoms with Crippen molar-refractivity contribution in [2.75, 3.05) is 0 Å². The molecule has 0 heterocycles. The van der Waals surface area contributed by atoms with Gasteiger partial charge in [-0.15, -0.1) is 0 Å². The predicted octanol–water partition coefficient (Wildman–Crippen LogP) is 4.87. The van der Waals surface area contributed by atoms with E-state index in [1.807, 2.05) is 74.5 Å². The molecule has 0 saturated heterocycles. The van der Waals surface area contributed by atoms with Gasteiger partial charge in [-0.3, -0.25) is 4.79 Å². The van der Waals surface area contributed by atoms with E-state index in [-0.39, 0.29) is 5.78 Å². The number of allylic oxidation sites excluding steroid dienone is 2. The third-order valence-corrected chi connectivity index (χ3v) is 3.38. The van der Waals surface area contributed by atoms with Crippen molar-refractivity contribution >= 4 is 5.78 Å². The molecule has 124 valence electrons. The van der Waals surface area contributed by atoms with Gasteiger partial charge < -0.3 is 9.47 Å². The molecule has 0 bridgehead atoms. The fourth-order valence-electron chi connectivity index (χ4n) is 2.30. The summed E-state index contributed by atoms with van der Waals surface area (Å²) in [6.07, 6.45) is 7.51. The van der Waals surface area contributed by atoms with Crippen LogP contribution in [0.4, 0.5) is 0 Å². The first-order chi connectivity index (χ1) is 11.7. The maximum atomic E-state index is 12.5. The van der Waals surface area contributed by atoms with Crippen molar-refractivity contribution < 1.29 is 14.3 Å². The lowest BCUT2D eigenvalue weighted by atomic mass is 10.0. The van der Waals surface area contributed by atoms with E-state index in [0.717, 1.165) is 11.1 Å². The van der Waals surface area contributed by atoms with Crippen molar-refractivity contribution in [1.82, 2.24) is 0 Å². The fourth-order valence-corrected chi connectivity index (χ4v) is 2.30. The summed E-state index contributed by atoms with van der Waals surface area (Å²) in [5, 5.41) is 0. The minimum absolute atomic E-state index is 0.114. The molecule has 3 heteroatoms. The number of ether oxygens (including phenoxy) is 2. The number of hydrogen-bond acceptors (Lipinski definition) is 3. The number of hydrogen-bond donors (Lipinski definition) is 0. The summed E-state index contributed by atoms with van der Waals surface area (Å²) in [6, 6.07) is 15.2. The second-order valence-corrected chi connectivity index (χ2v) is 5.28. The average Bonchev–Trinajstić information content (AvgIpc) is 2.60. The summed E-state index contributed by atoms with van der Waals surface area (Å²) in [5.41, 5.74) is 1.76. The van der Waals surface area contributed by atoms with Crippen LogP contribution in [-0.4, -0.2) is 5.78 Å². The highest BCUT2D eigenvalue weighted by Crippen LogP contribution is 2.22. The molecule has 0 unspecified atom stereocenters. The van der Waals surface area contributed by atoms with Crippen molar-refractivity contribution in [2.45, 2.75) is 26.7 Å². The Balaban J connectivity index is 2.09. The second kappa shape index (κ2) is 9.36. The molecule has 24 heavy (non-hydrogen) atoms. The van der Waals surface area contributed by atoms with Crippen molar-refractivity contribution in [3.05, 3.63) is 84.3 Å². The first-order valence-electron chi connectivity index (χ1n) is 7.97. The van der Waals surface area contributed by atoms with Crippen molar-refractivity contribution in [3.8, 4) is 11.5 Å². The van der Waals surface area contributed by atoms with Gasteiger partial charge in [0.05, 0.1) is 12.5 Å². The van der Waals surface area contributed by atoms with Gasteiger partial charge in [-0.2, -0.15) is 0 Å². The number of carbonyl (C=O) groups excluding carboxylic acids is 1. The van der Waals surface area contributed by atoms with E-state index in [9.17, 15) is 4.79 Å². The quantitative estimate of drug-likeness (QED) is 0.651. The highest BCUT2D eigenvalue weighted by Gasteiger charge is 2.12. The van der Waals surface area contributed by atoms with Crippen molar-refractivity contribution in [1.29, 1.82) is 0 Å². The lowest BCUT2D eigenvalue weighted by molar-refractivity contribution is -0.117. The molecular formula is C21H22O3. The Labute approximate surface area is 143 Å². The minimum Gasteiger partial charge on any atom is -0.465 e. The van der Waals surface area contributed by atoms with Gasteiger partial charge in [0, 0.05) is 24.0 Å². The third kappa shape index (κ3) is 5.13. The summed E-state index contributed by atoms with van der Waals surface area (Å²) in [7, 11) is 0. The van der Waals surface area contributed by atoms with E-state index in [2.05, 4.69) is 0 Å². The molecule has 2 aromatic carbocycles. The smallest absolute Gasteiger partial charge is 0.141 e. The molecule has 0 atom stereocenters. The van der Waals surface area contributed by atoms with E-state index < -0.39 is 0 Å². The standard InChI is InChI=1S/C21H22O3/c1-3-13-23-20-11-7-5-9-17(20)15-19(22)16-18-10-6-8-12-21(18)24-14-4-2/h3-14H,15-16H2,1-2H3. The van der Waals surface area contributed by atoms with Crippen LogP contribution in [0.3, 0.4) is 0 Å². The zero-order valence-corrected chi connectivity index (χ0v) is 14.1. The number of para-hydroxylation sites is 2. The zero-order chi connectivity index (χ0) is 17.2. The maximum absolute atomic E-state index is 12.5. The molecule has 2 rings (SSSR count). The van der Waals surface area contributed by atoms with Crippen LogP contribution < -0.4 is 9.47 Å². The monoisotopic (exact) mass is 322 g/mol. The van der Waals surface area contributed by atoms with Crippen LogP contribution in [0.1, 0.15) is 25.0 Å². The molecule has 0 amide bonds. The van der Waals surface area contributed by atoms with Gasteiger partial charge in [0.25, 0.3) is 0 Å². The molecule has 0 aliphatic carbocycles. The van der Waals surface area contributed by atoms with Crippen molar-refractivity contribution in [3.63, 3.8) is 0 Å². The van der Waals surface area contributed by atoms with E-state index in [1.54, 1.807) is 12.5 Å². The zero-order valence-electron chi connectivity index (χ0n) is 14.1. The molecule has 0 aromatic heterocycles.